The van der Waals surface area contributed by atoms with Crippen molar-refractivity contribution in [2.45, 2.75) is 38.6 Å². The molecule has 1 atom stereocenters. The zero-order chi connectivity index (χ0) is 14.5. The molecule has 1 aliphatic carbocycles. The van der Waals surface area contributed by atoms with Gasteiger partial charge in [0.25, 0.3) is 0 Å². The van der Waals surface area contributed by atoms with Gasteiger partial charge in [-0.05, 0) is 49.4 Å². The number of carbonyl (C=O) groups is 1. The molecule has 110 valence electrons. The normalized spacial score (nSPS) is 17.4. The summed E-state index contributed by atoms with van der Waals surface area (Å²) in [4.78, 5) is 12.0. The maximum absolute atomic E-state index is 12.0. The van der Waals surface area contributed by atoms with Gasteiger partial charge < -0.3 is 14.8 Å². The average Bonchev–Trinajstić information content (AvgIpc) is 2.50. The van der Waals surface area contributed by atoms with Gasteiger partial charge in [-0.2, -0.15) is 0 Å². The molecule has 20 heavy (non-hydrogen) atoms. The minimum absolute atomic E-state index is 0.307. The van der Waals surface area contributed by atoms with Crippen LogP contribution in [0, 0.1) is 0 Å². The molecule has 0 fully saturated rings. The summed E-state index contributed by atoms with van der Waals surface area (Å²) in [5, 5.41) is 3.56. The maximum Gasteiger partial charge on any atom is 0.341 e. The Morgan fingerprint density at radius 2 is 2.20 bits per heavy atom. The summed E-state index contributed by atoms with van der Waals surface area (Å²) in [7, 11) is 3.00. The van der Waals surface area contributed by atoms with Gasteiger partial charge in [-0.1, -0.05) is 13.0 Å². The quantitative estimate of drug-likeness (QED) is 0.839. The molecule has 1 aromatic carbocycles. The fourth-order valence-corrected chi connectivity index (χ4v) is 2.85. The van der Waals surface area contributed by atoms with Crippen molar-refractivity contribution >= 4 is 5.97 Å². The molecular weight excluding hydrogens is 254 g/mol. The van der Waals surface area contributed by atoms with Crippen LogP contribution in [0.15, 0.2) is 12.1 Å². The minimum Gasteiger partial charge on any atom is -0.496 e. The fourth-order valence-electron chi connectivity index (χ4n) is 2.85. The largest absolute Gasteiger partial charge is 0.496 e. The van der Waals surface area contributed by atoms with Crippen LogP contribution in [0.25, 0.3) is 0 Å². The lowest BCUT2D eigenvalue weighted by molar-refractivity contribution is 0.0595. The van der Waals surface area contributed by atoms with E-state index in [2.05, 4.69) is 18.3 Å². The third-order valence-electron chi connectivity index (χ3n) is 3.87. The number of nitrogens with one attached hydrogen (secondary N) is 1. The standard InChI is InChI=1S/C16H23NO3/c1-4-9-17-12-6-7-13-11(10-12)5-8-14(19-2)15(13)16(18)20-3/h5,8,12,17H,4,6-7,9-10H2,1-3H3. The molecule has 4 nitrogen and oxygen atoms in total. The van der Waals surface area contributed by atoms with Gasteiger partial charge in [0.1, 0.15) is 11.3 Å². The third-order valence-corrected chi connectivity index (χ3v) is 3.87. The summed E-state index contributed by atoms with van der Waals surface area (Å²) < 4.78 is 10.2. The van der Waals surface area contributed by atoms with Gasteiger partial charge in [0.05, 0.1) is 14.2 Å². The Bertz CT molecular complexity index is 485. The minimum atomic E-state index is -0.307. The Hall–Kier alpha value is -1.55. The molecule has 0 aliphatic heterocycles. The molecule has 2 rings (SSSR count). The second-order valence-electron chi connectivity index (χ2n) is 5.17. The molecular formula is C16H23NO3. The van der Waals surface area contributed by atoms with Crippen LogP contribution in [0.3, 0.4) is 0 Å². The molecule has 0 bridgehead atoms. The molecule has 1 aliphatic rings. The summed E-state index contributed by atoms with van der Waals surface area (Å²) in [5.74, 6) is 0.300. The lowest BCUT2D eigenvalue weighted by Crippen LogP contribution is -2.35. The van der Waals surface area contributed by atoms with E-state index >= 15 is 0 Å². The number of fused-ring (bicyclic) bond motifs is 1. The van der Waals surface area contributed by atoms with Gasteiger partial charge in [0.15, 0.2) is 0 Å². The number of esters is 1. The number of methoxy groups -OCH3 is 2. The topological polar surface area (TPSA) is 47.6 Å². The molecule has 0 radical (unpaired) electrons. The maximum atomic E-state index is 12.0. The first kappa shape index (κ1) is 14.9. The molecule has 1 N–H and O–H groups in total. The van der Waals surface area contributed by atoms with E-state index in [1.165, 1.54) is 12.7 Å². The lowest BCUT2D eigenvalue weighted by atomic mass is 9.85. The van der Waals surface area contributed by atoms with E-state index in [0.717, 1.165) is 37.8 Å². The molecule has 4 heteroatoms. The van der Waals surface area contributed by atoms with Crippen LogP contribution in [0.2, 0.25) is 0 Å². The Morgan fingerprint density at radius 1 is 1.40 bits per heavy atom. The molecule has 0 aromatic heterocycles. The van der Waals surface area contributed by atoms with E-state index in [1.807, 2.05) is 6.07 Å². The van der Waals surface area contributed by atoms with E-state index in [9.17, 15) is 4.79 Å². The fraction of sp³-hybridized carbons (Fsp3) is 0.562. The second-order valence-corrected chi connectivity index (χ2v) is 5.17. The number of rotatable bonds is 5. The highest BCUT2D eigenvalue weighted by Gasteiger charge is 2.26. The Kier molecular flexibility index (Phi) is 5.01. The van der Waals surface area contributed by atoms with Crippen LogP contribution < -0.4 is 10.1 Å². The lowest BCUT2D eigenvalue weighted by Gasteiger charge is -2.27. The zero-order valence-electron chi connectivity index (χ0n) is 12.5. The van der Waals surface area contributed by atoms with Gasteiger partial charge in [0.2, 0.25) is 0 Å². The van der Waals surface area contributed by atoms with Crippen molar-refractivity contribution in [1.82, 2.24) is 5.32 Å². The SMILES string of the molecule is CCCNC1CCc2c(ccc(OC)c2C(=O)OC)C1. The molecule has 0 saturated carbocycles. The van der Waals surface area contributed by atoms with Crippen molar-refractivity contribution < 1.29 is 14.3 Å². The van der Waals surface area contributed by atoms with E-state index in [4.69, 9.17) is 9.47 Å². The van der Waals surface area contributed by atoms with Crippen LogP contribution in [-0.4, -0.2) is 32.8 Å². The summed E-state index contributed by atoms with van der Waals surface area (Å²) in [6.07, 6.45) is 4.03. The number of ether oxygens (including phenoxy) is 2. The van der Waals surface area contributed by atoms with Crippen molar-refractivity contribution in [3.63, 3.8) is 0 Å². The van der Waals surface area contributed by atoms with Crippen LogP contribution in [0.4, 0.5) is 0 Å². The van der Waals surface area contributed by atoms with Crippen LogP contribution in [-0.2, 0) is 17.6 Å². The van der Waals surface area contributed by atoms with E-state index in [-0.39, 0.29) is 5.97 Å². The highest BCUT2D eigenvalue weighted by Crippen LogP contribution is 2.31. The van der Waals surface area contributed by atoms with E-state index in [1.54, 1.807) is 7.11 Å². The van der Waals surface area contributed by atoms with Gasteiger partial charge >= 0.3 is 5.97 Å². The summed E-state index contributed by atoms with van der Waals surface area (Å²) >= 11 is 0. The predicted octanol–water partition coefficient (Wildman–Crippen LogP) is 2.34. The molecule has 0 heterocycles. The number of carbonyl (C=O) groups excluding carboxylic acids is 1. The first-order valence-electron chi connectivity index (χ1n) is 7.21. The van der Waals surface area contributed by atoms with Crippen molar-refractivity contribution in [2.24, 2.45) is 0 Å². The first-order valence-corrected chi connectivity index (χ1v) is 7.21. The van der Waals surface area contributed by atoms with Gasteiger partial charge in [-0.25, -0.2) is 4.79 Å². The van der Waals surface area contributed by atoms with Crippen molar-refractivity contribution in [3.05, 3.63) is 28.8 Å². The zero-order valence-corrected chi connectivity index (χ0v) is 12.5. The number of hydrogen-bond donors (Lipinski definition) is 1. The van der Waals surface area contributed by atoms with Crippen LogP contribution in [0.1, 0.15) is 41.3 Å². The van der Waals surface area contributed by atoms with E-state index in [0.29, 0.717) is 17.4 Å². The van der Waals surface area contributed by atoms with Crippen molar-refractivity contribution in [1.29, 1.82) is 0 Å². The second kappa shape index (κ2) is 6.75. The highest BCUT2D eigenvalue weighted by atomic mass is 16.5. The van der Waals surface area contributed by atoms with Crippen molar-refractivity contribution in [2.75, 3.05) is 20.8 Å². The number of hydrogen-bond acceptors (Lipinski definition) is 4. The van der Waals surface area contributed by atoms with E-state index < -0.39 is 0 Å². The monoisotopic (exact) mass is 277 g/mol. The van der Waals surface area contributed by atoms with Crippen LogP contribution in [0.5, 0.6) is 5.75 Å². The molecule has 0 spiro atoms. The Balaban J connectivity index is 2.29. The number of benzene rings is 1. The summed E-state index contributed by atoms with van der Waals surface area (Å²) in [6, 6.07) is 4.44. The average molecular weight is 277 g/mol. The van der Waals surface area contributed by atoms with Gasteiger partial charge in [0, 0.05) is 6.04 Å². The highest BCUT2D eigenvalue weighted by molar-refractivity contribution is 5.94. The van der Waals surface area contributed by atoms with Crippen LogP contribution >= 0.6 is 0 Å². The Labute approximate surface area is 120 Å². The summed E-state index contributed by atoms with van der Waals surface area (Å²) in [5.41, 5.74) is 2.92. The van der Waals surface area contributed by atoms with Gasteiger partial charge in [-0.3, -0.25) is 0 Å². The smallest absolute Gasteiger partial charge is 0.341 e. The van der Waals surface area contributed by atoms with Crippen molar-refractivity contribution in [3.8, 4) is 5.75 Å². The summed E-state index contributed by atoms with van der Waals surface area (Å²) in [6.45, 7) is 3.21. The molecule has 1 aromatic rings. The van der Waals surface area contributed by atoms with Gasteiger partial charge in [-0.15, -0.1) is 0 Å². The first-order chi connectivity index (χ1) is 9.71. The molecule has 0 amide bonds. The Morgan fingerprint density at radius 3 is 2.85 bits per heavy atom. The predicted molar refractivity (Wildman–Crippen MR) is 78.4 cm³/mol. The molecule has 0 saturated heterocycles. The third kappa shape index (κ3) is 2.96. The molecule has 1 unspecified atom stereocenters.